The Balaban J connectivity index is 1.15. The Hall–Kier alpha value is -2.82. The van der Waals surface area contributed by atoms with Gasteiger partial charge in [-0.15, -0.1) is 0 Å². The van der Waals surface area contributed by atoms with Crippen molar-refractivity contribution in [1.29, 1.82) is 0 Å². The number of hydrogen-bond acceptors (Lipinski definition) is 3. The third-order valence-electron chi connectivity index (χ3n) is 6.81. The van der Waals surface area contributed by atoms with Crippen molar-refractivity contribution >= 4 is 11.8 Å². The number of benzene rings is 2. The molecule has 5 heteroatoms. The summed E-state index contributed by atoms with van der Waals surface area (Å²) in [6, 6.07) is 18.0. The predicted octanol–water partition coefficient (Wildman–Crippen LogP) is 3.93. The van der Waals surface area contributed by atoms with E-state index >= 15 is 0 Å². The van der Waals surface area contributed by atoms with Gasteiger partial charge in [-0.05, 0) is 68.4 Å². The lowest BCUT2D eigenvalue weighted by Crippen LogP contribution is -2.46. The standard InChI is InChI=1S/C26H30N2O3/c29-24(27-22-10-11-22)20-8-12-23(13-9-20)31-18-19-5-4-16-28(17-19)25(30)26(14-15-26)21-6-2-1-3-7-21/h1-3,6-9,12-13,19,22H,4-5,10-11,14-18H2,(H,27,29). The molecule has 0 bridgehead atoms. The Bertz CT molecular complexity index is 933. The van der Waals surface area contributed by atoms with E-state index in [1.54, 1.807) is 0 Å². The summed E-state index contributed by atoms with van der Waals surface area (Å²) in [5.41, 5.74) is 1.54. The maximum Gasteiger partial charge on any atom is 0.251 e. The fraction of sp³-hybridized carbons (Fsp3) is 0.462. The van der Waals surface area contributed by atoms with E-state index in [4.69, 9.17) is 4.74 Å². The Morgan fingerprint density at radius 3 is 2.42 bits per heavy atom. The van der Waals surface area contributed by atoms with E-state index in [-0.39, 0.29) is 17.2 Å². The molecule has 3 aliphatic rings. The van der Waals surface area contributed by atoms with Crippen molar-refractivity contribution in [2.24, 2.45) is 5.92 Å². The molecule has 2 aromatic rings. The average molecular weight is 419 g/mol. The fourth-order valence-electron chi connectivity index (χ4n) is 4.61. The SMILES string of the molecule is O=C(NC1CC1)c1ccc(OCC2CCCN(C(=O)C3(c4ccccc4)CC3)C2)cc1. The van der Waals surface area contributed by atoms with E-state index in [1.165, 1.54) is 0 Å². The second kappa shape index (κ2) is 8.37. The monoisotopic (exact) mass is 418 g/mol. The van der Waals surface area contributed by atoms with Gasteiger partial charge in [0, 0.05) is 30.6 Å². The van der Waals surface area contributed by atoms with E-state index in [0.29, 0.717) is 24.1 Å². The molecule has 5 nitrogen and oxygen atoms in total. The maximum atomic E-state index is 13.3. The molecule has 1 saturated heterocycles. The maximum absolute atomic E-state index is 13.3. The second-order valence-electron chi connectivity index (χ2n) is 9.29. The van der Waals surface area contributed by atoms with Gasteiger partial charge in [0.2, 0.25) is 5.91 Å². The number of likely N-dealkylation sites (tertiary alicyclic amines) is 1. The molecule has 0 aromatic heterocycles. The first-order chi connectivity index (χ1) is 15.1. The van der Waals surface area contributed by atoms with Crippen molar-refractivity contribution in [3.8, 4) is 5.75 Å². The normalized spacial score (nSPS) is 21.9. The highest BCUT2D eigenvalue weighted by molar-refractivity contribution is 5.94. The topological polar surface area (TPSA) is 58.6 Å². The number of ether oxygens (including phenoxy) is 1. The highest BCUT2D eigenvalue weighted by Crippen LogP contribution is 2.50. The molecule has 0 radical (unpaired) electrons. The minimum Gasteiger partial charge on any atom is -0.493 e. The summed E-state index contributed by atoms with van der Waals surface area (Å²) in [5.74, 6) is 1.38. The number of rotatable bonds is 7. The van der Waals surface area contributed by atoms with Crippen LogP contribution in [0.15, 0.2) is 54.6 Å². The Morgan fingerprint density at radius 1 is 1.00 bits per heavy atom. The molecule has 2 amide bonds. The van der Waals surface area contributed by atoms with Crippen LogP contribution in [-0.4, -0.2) is 42.5 Å². The lowest BCUT2D eigenvalue weighted by molar-refractivity contribution is -0.136. The second-order valence-corrected chi connectivity index (χ2v) is 9.29. The molecule has 3 fully saturated rings. The van der Waals surface area contributed by atoms with Gasteiger partial charge in [0.25, 0.3) is 5.91 Å². The summed E-state index contributed by atoms with van der Waals surface area (Å²) in [7, 11) is 0. The molecule has 2 saturated carbocycles. The van der Waals surface area contributed by atoms with Crippen LogP contribution >= 0.6 is 0 Å². The molecule has 2 aliphatic carbocycles. The highest BCUT2D eigenvalue weighted by atomic mass is 16.5. The van der Waals surface area contributed by atoms with E-state index in [9.17, 15) is 9.59 Å². The van der Waals surface area contributed by atoms with Gasteiger partial charge >= 0.3 is 0 Å². The number of carbonyl (C=O) groups excluding carboxylic acids is 2. The first kappa shape index (κ1) is 20.1. The zero-order chi connectivity index (χ0) is 21.3. The first-order valence-electron chi connectivity index (χ1n) is 11.5. The Morgan fingerprint density at radius 2 is 1.74 bits per heavy atom. The highest BCUT2D eigenvalue weighted by Gasteiger charge is 2.53. The van der Waals surface area contributed by atoms with Crippen LogP contribution in [0.2, 0.25) is 0 Å². The predicted molar refractivity (Wildman–Crippen MR) is 119 cm³/mol. The lowest BCUT2D eigenvalue weighted by atomic mass is 9.91. The van der Waals surface area contributed by atoms with Gasteiger partial charge in [0.15, 0.2) is 0 Å². The van der Waals surface area contributed by atoms with Crippen molar-refractivity contribution in [2.75, 3.05) is 19.7 Å². The molecule has 162 valence electrons. The van der Waals surface area contributed by atoms with Crippen molar-refractivity contribution in [1.82, 2.24) is 10.2 Å². The molecule has 1 N–H and O–H groups in total. The van der Waals surface area contributed by atoms with Crippen LogP contribution in [0.1, 0.15) is 54.4 Å². The van der Waals surface area contributed by atoms with Crippen LogP contribution in [0.5, 0.6) is 5.75 Å². The summed E-state index contributed by atoms with van der Waals surface area (Å²) >= 11 is 0. The number of nitrogens with zero attached hydrogens (tertiary/aromatic N) is 1. The van der Waals surface area contributed by atoms with Crippen LogP contribution in [0.4, 0.5) is 0 Å². The number of amides is 2. The largest absolute Gasteiger partial charge is 0.493 e. The zero-order valence-corrected chi connectivity index (χ0v) is 17.9. The summed E-state index contributed by atoms with van der Waals surface area (Å²) in [5, 5.41) is 3.00. The first-order valence-corrected chi connectivity index (χ1v) is 11.5. The van der Waals surface area contributed by atoms with Crippen molar-refractivity contribution in [2.45, 2.75) is 50.0 Å². The number of piperidine rings is 1. The van der Waals surface area contributed by atoms with Gasteiger partial charge in [-0.3, -0.25) is 9.59 Å². The molecule has 2 aromatic carbocycles. The summed E-state index contributed by atoms with van der Waals surface area (Å²) in [4.78, 5) is 27.5. The quantitative estimate of drug-likeness (QED) is 0.741. The smallest absolute Gasteiger partial charge is 0.251 e. The van der Waals surface area contributed by atoms with Gasteiger partial charge in [-0.1, -0.05) is 30.3 Å². The van der Waals surface area contributed by atoms with E-state index in [0.717, 1.165) is 62.9 Å². The molecule has 1 aliphatic heterocycles. The number of carbonyl (C=O) groups is 2. The van der Waals surface area contributed by atoms with Crippen LogP contribution in [0.25, 0.3) is 0 Å². The van der Waals surface area contributed by atoms with Crippen LogP contribution < -0.4 is 10.1 Å². The van der Waals surface area contributed by atoms with Crippen LogP contribution in [-0.2, 0) is 10.2 Å². The number of hydrogen-bond donors (Lipinski definition) is 1. The van der Waals surface area contributed by atoms with Gasteiger partial charge in [-0.2, -0.15) is 0 Å². The number of nitrogens with one attached hydrogen (secondary N) is 1. The third kappa shape index (κ3) is 4.46. The lowest BCUT2D eigenvalue weighted by Gasteiger charge is -2.35. The minimum absolute atomic E-state index is 0.0112. The van der Waals surface area contributed by atoms with Crippen molar-refractivity contribution in [3.63, 3.8) is 0 Å². The molecule has 1 atom stereocenters. The summed E-state index contributed by atoms with van der Waals surface area (Å²) in [6.07, 6.45) is 6.16. The van der Waals surface area contributed by atoms with Crippen molar-refractivity contribution in [3.05, 3.63) is 65.7 Å². The van der Waals surface area contributed by atoms with Crippen LogP contribution in [0.3, 0.4) is 0 Å². The zero-order valence-electron chi connectivity index (χ0n) is 17.9. The Kier molecular flexibility index (Phi) is 5.43. The van der Waals surface area contributed by atoms with Gasteiger partial charge in [-0.25, -0.2) is 0 Å². The van der Waals surface area contributed by atoms with Gasteiger partial charge < -0.3 is 15.0 Å². The van der Waals surface area contributed by atoms with E-state index < -0.39 is 0 Å². The molecular formula is C26H30N2O3. The van der Waals surface area contributed by atoms with E-state index in [1.807, 2.05) is 42.5 Å². The van der Waals surface area contributed by atoms with Gasteiger partial charge in [0.05, 0.1) is 12.0 Å². The third-order valence-corrected chi connectivity index (χ3v) is 6.81. The van der Waals surface area contributed by atoms with Crippen LogP contribution in [0, 0.1) is 5.92 Å². The molecule has 31 heavy (non-hydrogen) atoms. The van der Waals surface area contributed by atoms with Crippen molar-refractivity contribution < 1.29 is 14.3 Å². The van der Waals surface area contributed by atoms with E-state index in [2.05, 4.69) is 22.3 Å². The average Bonchev–Trinajstić information content (AvgIpc) is 3.74. The Labute approximate surface area is 183 Å². The minimum atomic E-state index is -0.291. The fourth-order valence-corrected chi connectivity index (χ4v) is 4.61. The molecule has 1 heterocycles. The molecular weight excluding hydrogens is 388 g/mol. The molecule has 1 unspecified atom stereocenters. The summed E-state index contributed by atoms with van der Waals surface area (Å²) in [6.45, 7) is 2.19. The molecule has 0 spiro atoms. The van der Waals surface area contributed by atoms with Gasteiger partial charge in [0.1, 0.15) is 5.75 Å². The summed E-state index contributed by atoms with van der Waals surface area (Å²) < 4.78 is 6.02. The molecule has 5 rings (SSSR count).